The second-order valence-electron chi connectivity index (χ2n) is 5.04. The second kappa shape index (κ2) is 6.42. The van der Waals surface area contributed by atoms with E-state index >= 15 is 0 Å². The van der Waals surface area contributed by atoms with Gasteiger partial charge >= 0.3 is 5.97 Å². The van der Waals surface area contributed by atoms with Gasteiger partial charge in [-0.3, -0.25) is 0 Å². The number of carbonyl (C=O) groups is 1. The number of esters is 1. The lowest BCUT2D eigenvalue weighted by atomic mass is 10.0. The van der Waals surface area contributed by atoms with Crippen molar-refractivity contribution in [3.63, 3.8) is 0 Å². The standard InChI is InChI=1S/C17H21NO2/c1-4-20-17(19)16-11-15(13(3)18-16)10-9-14-7-5-12(2)6-8-14/h5-8,11,18H,4,9-10H2,1-3H3. The van der Waals surface area contributed by atoms with Crippen LogP contribution in [0.1, 0.15) is 39.8 Å². The van der Waals surface area contributed by atoms with Gasteiger partial charge in [0.05, 0.1) is 6.61 Å². The van der Waals surface area contributed by atoms with E-state index in [0.29, 0.717) is 12.3 Å². The average Bonchev–Trinajstić information content (AvgIpc) is 2.80. The molecule has 1 aromatic carbocycles. The molecule has 106 valence electrons. The van der Waals surface area contributed by atoms with Crippen molar-refractivity contribution in [2.24, 2.45) is 0 Å². The van der Waals surface area contributed by atoms with Gasteiger partial charge in [-0.1, -0.05) is 29.8 Å². The third-order valence-corrected chi connectivity index (χ3v) is 3.42. The Bertz CT molecular complexity index is 582. The molecule has 3 heteroatoms. The van der Waals surface area contributed by atoms with Gasteiger partial charge in [-0.2, -0.15) is 0 Å². The number of benzene rings is 1. The number of hydrogen-bond acceptors (Lipinski definition) is 2. The average molecular weight is 271 g/mol. The molecule has 1 heterocycles. The van der Waals surface area contributed by atoms with Crippen LogP contribution in [-0.2, 0) is 17.6 Å². The summed E-state index contributed by atoms with van der Waals surface area (Å²) in [5.74, 6) is -0.280. The summed E-state index contributed by atoms with van der Waals surface area (Å²) in [7, 11) is 0. The topological polar surface area (TPSA) is 42.1 Å². The van der Waals surface area contributed by atoms with Gasteiger partial charge in [0.25, 0.3) is 0 Å². The molecule has 0 radical (unpaired) electrons. The van der Waals surface area contributed by atoms with E-state index in [9.17, 15) is 4.79 Å². The third kappa shape index (κ3) is 3.50. The fourth-order valence-electron chi connectivity index (χ4n) is 2.21. The number of aromatic amines is 1. The number of nitrogens with one attached hydrogen (secondary N) is 1. The molecule has 0 unspecified atom stereocenters. The normalized spacial score (nSPS) is 10.6. The van der Waals surface area contributed by atoms with Gasteiger partial charge in [0.1, 0.15) is 5.69 Å². The fourth-order valence-corrected chi connectivity index (χ4v) is 2.21. The number of carbonyl (C=O) groups excluding carboxylic acids is 1. The minimum absolute atomic E-state index is 0.280. The van der Waals surface area contributed by atoms with Crippen LogP contribution in [0.15, 0.2) is 30.3 Å². The lowest BCUT2D eigenvalue weighted by molar-refractivity contribution is 0.0520. The lowest BCUT2D eigenvalue weighted by Crippen LogP contribution is -2.04. The Labute approximate surface area is 120 Å². The summed E-state index contributed by atoms with van der Waals surface area (Å²) < 4.78 is 5.00. The summed E-state index contributed by atoms with van der Waals surface area (Å²) >= 11 is 0. The first kappa shape index (κ1) is 14.4. The van der Waals surface area contributed by atoms with Crippen LogP contribution in [0.2, 0.25) is 0 Å². The highest BCUT2D eigenvalue weighted by molar-refractivity contribution is 5.87. The number of aromatic nitrogens is 1. The van der Waals surface area contributed by atoms with Crippen molar-refractivity contribution in [3.8, 4) is 0 Å². The van der Waals surface area contributed by atoms with E-state index in [4.69, 9.17) is 4.74 Å². The summed E-state index contributed by atoms with van der Waals surface area (Å²) in [4.78, 5) is 14.8. The Hall–Kier alpha value is -2.03. The summed E-state index contributed by atoms with van der Waals surface area (Å²) in [6.45, 7) is 6.29. The van der Waals surface area contributed by atoms with Crippen LogP contribution < -0.4 is 0 Å². The summed E-state index contributed by atoms with van der Waals surface area (Å²) in [5.41, 5.74) is 5.35. The second-order valence-corrected chi connectivity index (χ2v) is 5.04. The van der Waals surface area contributed by atoms with Crippen molar-refractivity contribution in [2.75, 3.05) is 6.61 Å². The SMILES string of the molecule is CCOC(=O)c1cc(CCc2ccc(C)cc2)c(C)[nH]1. The van der Waals surface area contributed by atoms with Crippen molar-refractivity contribution in [3.05, 3.63) is 58.4 Å². The van der Waals surface area contributed by atoms with Gasteiger partial charge in [-0.15, -0.1) is 0 Å². The first-order chi connectivity index (χ1) is 9.60. The van der Waals surface area contributed by atoms with Gasteiger partial charge in [0, 0.05) is 5.69 Å². The molecule has 0 amide bonds. The van der Waals surface area contributed by atoms with Crippen molar-refractivity contribution < 1.29 is 9.53 Å². The maximum atomic E-state index is 11.7. The van der Waals surface area contributed by atoms with Crippen molar-refractivity contribution in [1.82, 2.24) is 4.98 Å². The van der Waals surface area contributed by atoms with E-state index in [1.807, 2.05) is 19.9 Å². The molecule has 3 nitrogen and oxygen atoms in total. The number of aryl methyl sites for hydroxylation is 4. The maximum absolute atomic E-state index is 11.7. The van der Waals surface area contributed by atoms with Crippen LogP contribution in [0.5, 0.6) is 0 Å². The number of ether oxygens (including phenoxy) is 1. The molecular formula is C17H21NO2. The Morgan fingerprint density at radius 3 is 2.50 bits per heavy atom. The molecule has 0 atom stereocenters. The molecular weight excluding hydrogens is 250 g/mol. The Balaban J connectivity index is 2.02. The quantitative estimate of drug-likeness (QED) is 0.844. The predicted molar refractivity (Wildman–Crippen MR) is 80.1 cm³/mol. The maximum Gasteiger partial charge on any atom is 0.354 e. The minimum Gasteiger partial charge on any atom is -0.461 e. The monoisotopic (exact) mass is 271 g/mol. The third-order valence-electron chi connectivity index (χ3n) is 3.42. The minimum atomic E-state index is -0.280. The molecule has 0 fully saturated rings. The highest BCUT2D eigenvalue weighted by atomic mass is 16.5. The van der Waals surface area contributed by atoms with Crippen molar-refractivity contribution in [1.29, 1.82) is 0 Å². The molecule has 0 saturated heterocycles. The molecule has 20 heavy (non-hydrogen) atoms. The molecule has 0 spiro atoms. The highest BCUT2D eigenvalue weighted by Gasteiger charge is 2.12. The molecule has 0 saturated carbocycles. The highest BCUT2D eigenvalue weighted by Crippen LogP contribution is 2.15. The lowest BCUT2D eigenvalue weighted by Gasteiger charge is -2.02. The van der Waals surface area contributed by atoms with Gasteiger partial charge < -0.3 is 9.72 Å². The zero-order chi connectivity index (χ0) is 14.5. The summed E-state index contributed by atoms with van der Waals surface area (Å²) in [6.07, 6.45) is 1.89. The predicted octanol–water partition coefficient (Wildman–Crippen LogP) is 3.59. The molecule has 0 bridgehead atoms. The fraction of sp³-hybridized carbons (Fsp3) is 0.353. The summed E-state index contributed by atoms with van der Waals surface area (Å²) in [6, 6.07) is 10.5. The van der Waals surface area contributed by atoms with Crippen LogP contribution in [-0.4, -0.2) is 17.6 Å². The van der Waals surface area contributed by atoms with Crippen LogP contribution in [0.25, 0.3) is 0 Å². The molecule has 1 aromatic heterocycles. The number of H-pyrrole nitrogens is 1. The first-order valence-corrected chi connectivity index (χ1v) is 7.01. The summed E-state index contributed by atoms with van der Waals surface area (Å²) in [5, 5.41) is 0. The van der Waals surface area contributed by atoms with Crippen molar-refractivity contribution in [2.45, 2.75) is 33.6 Å². The van der Waals surface area contributed by atoms with Gasteiger partial charge in [-0.25, -0.2) is 4.79 Å². The van der Waals surface area contributed by atoms with E-state index in [0.717, 1.165) is 18.5 Å². The van der Waals surface area contributed by atoms with E-state index < -0.39 is 0 Å². The Kier molecular flexibility index (Phi) is 4.61. The largest absolute Gasteiger partial charge is 0.461 e. The zero-order valence-electron chi connectivity index (χ0n) is 12.3. The van der Waals surface area contributed by atoms with Gasteiger partial charge in [0.15, 0.2) is 0 Å². The molecule has 2 rings (SSSR count). The van der Waals surface area contributed by atoms with Crippen LogP contribution in [0.3, 0.4) is 0 Å². The number of rotatable bonds is 5. The van der Waals surface area contributed by atoms with Crippen LogP contribution in [0.4, 0.5) is 0 Å². The first-order valence-electron chi connectivity index (χ1n) is 7.01. The van der Waals surface area contributed by atoms with Gasteiger partial charge in [0.2, 0.25) is 0 Å². The van der Waals surface area contributed by atoms with Gasteiger partial charge in [-0.05, 0) is 50.8 Å². The van der Waals surface area contributed by atoms with Crippen molar-refractivity contribution >= 4 is 5.97 Å². The van der Waals surface area contributed by atoms with E-state index in [1.165, 1.54) is 16.7 Å². The van der Waals surface area contributed by atoms with Crippen LogP contribution >= 0.6 is 0 Å². The number of hydrogen-bond donors (Lipinski definition) is 1. The van der Waals surface area contributed by atoms with E-state index in [1.54, 1.807) is 0 Å². The van der Waals surface area contributed by atoms with E-state index in [2.05, 4.69) is 36.2 Å². The molecule has 2 aromatic rings. The smallest absolute Gasteiger partial charge is 0.354 e. The molecule has 1 N–H and O–H groups in total. The van der Waals surface area contributed by atoms with E-state index in [-0.39, 0.29) is 5.97 Å². The molecule has 0 aliphatic heterocycles. The zero-order valence-corrected chi connectivity index (χ0v) is 12.3. The molecule has 0 aliphatic rings. The van der Waals surface area contributed by atoms with Crippen LogP contribution in [0, 0.1) is 13.8 Å². The molecule has 0 aliphatic carbocycles. The Morgan fingerprint density at radius 1 is 1.15 bits per heavy atom. The Morgan fingerprint density at radius 2 is 1.85 bits per heavy atom.